The van der Waals surface area contributed by atoms with Crippen LogP contribution < -0.4 is 5.73 Å². The Bertz CT molecular complexity index is 230. The van der Waals surface area contributed by atoms with Crippen molar-refractivity contribution in [3.05, 3.63) is 35.4 Å². The molecule has 72 valence electrons. The monoisotopic (exact) mass is 195 g/mol. The quantitative estimate of drug-likeness (QED) is 0.731. The molecule has 1 nitrogen and oxygen atoms in total. The van der Waals surface area contributed by atoms with Crippen molar-refractivity contribution in [1.29, 1.82) is 0 Å². The maximum Gasteiger partial charge on any atom is 0.0184 e. The molecule has 0 saturated heterocycles. The highest BCUT2D eigenvalue weighted by atomic mass is 32.2. The Morgan fingerprint density at radius 3 is 2.54 bits per heavy atom. The van der Waals surface area contributed by atoms with Crippen LogP contribution in [0.2, 0.25) is 0 Å². The van der Waals surface area contributed by atoms with Crippen LogP contribution in [0, 0.1) is 6.92 Å². The van der Waals surface area contributed by atoms with Gasteiger partial charge in [0.25, 0.3) is 0 Å². The molecular weight excluding hydrogens is 178 g/mol. The van der Waals surface area contributed by atoms with Gasteiger partial charge < -0.3 is 5.73 Å². The van der Waals surface area contributed by atoms with Crippen LogP contribution >= 0.6 is 11.8 Å². The molecule has 0 spiro atoms. The van der Waals surface area contributed by atoms with E-state index in [0.29, 0.717) is 0 Å². The minimum absolute atomic E-state index is 0.806. The summed E-state index contributed by atoms with van der Waals surface area (Å²) in [6, 6.07) is 8.73. The number of benzene rings is 1. The third kappa shape index (κ3) is 4.34. The highest BCUT2D eigenvalue weighted by molar-refractivity contribution is 7.98. The predicted octanol–water partition coefficient (Wildman–Crippen LogP) is 2.58. The molecule has 0 heterocycles. The van der Waals surface area contributed by atoms with Crippen molar-refractivity contribution >= 4 is 11.8 Å². The van der Waals surface area contributed by atoms with Gasteiger partial charge in [0.05, 0.1) is 0 Å². The maximum absolute atomic E-state index is 5.41. The molecule has 0 fully saturated rings. The van der Waals surface area contributed by atoms with Gasteiger partial charge in [-0.2, -0.15) is 11.8 Å². The van der Waals surface area contributed by atoms with E-state index in [1.165, 1.54) is 16.9 Å². The predicted molar refractivity (Wildman–Crippen MR) is 61.0 cm³/mol. The minimum Gasteiger partial charge on any atom is -0.330 e. The fourth-order valence-corrected chi connectivity index (χ4v) is 2.00. The number of rotatable bonds is 5. The standard InChI is InChI=1S/C11H17NS/c1-10-3-5-11(6-4-10)9-13-8-2-7-12/h3-6H,2,7-9,12H2,1H3. The third-order valence-corrected chi connectivity index (χ3v) is 3.00. The molecule has 0 bridgehead atoms. The first-order valence-electron chi connectivity index (χ1n) is 4.66. The fraction of sp³-hybridized carbons (Fsp3) is 0.455. The summed E-state index contributed by atoms with van der Waals surface area (Å²) in [5, 5.41) is 0. The molecule has 1 aromatic rings. The van der Waals surface area contributed by atoms with E-state index in [0.717, 1.165) is 18.7 Å². The van der Waals surface area contributed by atoms with Gasteiger partial charge in [-0.15, -0.1) is 0 Å². The van der Waals surface area contributed by atoms with Gasteiger partial charge in [0, 0.05) is 5.75 Å². The summed E-state index contributed by atoms with van der Waals surface area (Å²) >= 11 is 1.96. The largest absolute Gasteiger partial charge is 0.330 e. The van der Waals surface area contributed by atoms with Crippen molar-refractivity contribution < 1.29 is 0 Å². The second-order valence-corrected chi connectivity index (χ2v) is 4.29. The second kappa shape index (κ2) is 6.06. The maximum atomic E-state index is 5.41. The summed E-state index contributed by atoms with van der Waals surface area (Å²) in [4.78, 5) is 0. The zero-order valence-electron chi connectivity index (χ0n) is 8.12. The van der Waals surface area contributed by atoms with Gasteiger partial charge in [0.2, 0.25) is 0 Å². The lowest BCUT2D eigenvalue weighted by Crippen LogP contribution is -1.99. The molecule has 0 aliphatic carbocycles. The number of aryl methyl sites for hydroxylation is 1. The Morgan fingerprint density at radius 2 is 1.92 bits per heavy atom. The van der Waals surface area contributed by atoms with Crippen LogP contribution in [-0.4, -0.2) is 12.3 Å². The van der Waals surface area contributed by atoms with E-state index in [4.69, 9.17) is 5.73 Å². The van der Waals surface area contributed by atoms with Crippen LogP contribution in [-0.2, 0) is 5.75 Å². The Balaban J connectivity index is 2.25. The van der Waals surface area contributed by atoms with E-state index in [2.05, 4.69) is 31.2 Å². The molecule has 0 radical (unpaired) electrons. The van der Waals surface area contributed by atoms with Crippen molar-refractivity contribution in [2.75, 3.05) is 12.3 Å². The first-order valence-corrected chi connectivity index (χ1v) is 5.82. The summed E-state index contributed by atoms with van der Waals surface area (Å²) in [7, 11) is 0. The zero-order chi connectivity index (χ0) is 9.52. The average molecular weight is 195 g/mol. The molecule has 1 aromatic carbocycles. The Labute approximate surface area is 84.7 Å². The molecule has 0 amide bonds. The molecule has 2 heteroatoms. The fourth-order valence-electron chi connectivity index (χ4n) is 1.06. The van der Waals surface area contributed by atoms with Crippen LogP contribution in [0.25, 0.3) is 0 Å². The van der Waals surface area contributed by atoms with Gasteiger partial charge >= 0.3 is 0 Å². The van der Waals surface area contributed by atoms with Crippen molar-refractivity contribution in [3.8, 4) is 0 Å². The Morgan fingerprint density at radius 1 is 1.23 bits per heavy atom. The average Bonchev–Trinajstić information content (AvgIpc) is 2.15. The van der Waals surface area contributed by atoms with Crippen molar-refractivity contribution in [2.24, 2.45) is 5.73 Å². The van der Waals surface area contributed by atoms with Gasteiger partial charge in [0.15, 0.2) is 0 Å². The van der Waals surface area contributed by atoms with Crippen molar-refractivity contribution in [1.82, 2.24) is 0 Å². The number of hydrogen-bond donors (Lipinski definition) is 1. The number of thioether (sulfide) groups is 1. The molecule has 0 saturated carbocycles. The van der Waals surface area contributed by atoms with Crippen molar-refractivity contribution in [3.63, 3.8) is 0 Å². The first kappa shape index (κ1) is 10.6. The molecule has 0 aromatic heterocycles. The lowest BCUT2D eigenvalue weighted by Gasteiger charge is -2.01. The van der Waals surface area contributed by atoms with Gasteiger partial charge in [-0.25, -0.2) is 0 Å². The highest BCUT2D eigenvalue weighted by Crippen LogP contribution is 2.13. The number of hydrogen-bond acceptors (Lipinski definition) is 2. The molecule has 1 rings (SSSR count). The van der Waals surface area contributed by atoms with Crippen LogP contribution in [0.3, 0.4) is 0 Å². The lowest BCUT2D eigenvalue weighted by molar-refractivity contribution is 0.943. The van der Waals surface area contributed by atoms with Gasteiger partial charge in [0.1, 0.15) is 0 Å². The number of nitrogens with two attached hydrogens (primary N) is 1. The molecular formula is C11H17NS. The van der Waals surface area contributed by atoms with Gasteiger partial charge in [-0.3, -0.25) is 0 Å². The minimum atomic E-state index is 0.806. The molecule has 0 unspecified atom stereocenters. The SMILES string of the molecule is Cc1ccc(CSCCCN)cc1. The van der Waals surface area contributed by atoms with E-state index in [9.17, 15) is 0 Å². The lowest BCUT2D eigenvalue weighted by atomic mass is 10.2. The van der Waals surface area contributed by atoms with E-state index in [1.807, 2.05) is 11.8 Å². The van der Waals surface area contributed by atoms with Gasteiger partial charge in [-0.05, 0) is 31.2 Å². The zero-order valence-corrected chi connectivity index (χ0v) is 8.94. The second-order valence-electron chi connectivity index (χ2n) is 3.18. The van der Waals surface area contributed by atoms with E-state index in [1.54, 1.807) is 0 Å². The molecule has 13 heavy (non-hydrogen) atoms. The summed E-state index contributed by atoms with van der Waals surface area (Å²) in [5.74, 6) is 2.28. The van der Waals surface area contributed by atoms with E-state index < -0.39 is 0 Å². The summed E-state index contributed by atoms with van der Waals surface area (Å²) in [5.41, 5.74) is 8.15. The smallest absolute Gasteiger partial charge is 0.0184 e. The first-order chi connectivity index (χ1) is 6.33. The molecule has 0 aliphatic heterocycles. The summed E-state index contributed by atoms with van der Waals surface area (Å²) in [6.07, 6.45) is 1.12. The van der Waals surface area contributed by atoms with Gasteiger partial charge in [-0.1, -0.05) is 29.8 Å². The van der Waals surface area contributed by atoms with Crippen LogP contribution in [0.4, 0.5) is 0 Å². The summed E-state index contributed by atoms with van der Waals surface area (Å²) in [6.45, 7) is 2.92. The molecule has 2 N–H and O–H groups in total. The highest BCUT2D eigenvalue weighted by Gasteiger charge is 1.92. The van der Waals surface area contributed by atoms with Crippen molar-refractivity contribution in [2.45, 2.75) is 19.1 Å². The van der Waals surface area contributed by atoms with Crippen LogP contribution in [0.1, 0.15) is 17.5 Å². The van der Waals surface area contributed by atoms with E-state index >= 15 is 0 Å². The molecule has 0 atom stereocenters. The Kier molecular flexibility index (Phi) is 4.94. The van der Waals surface area contributed by atoms with Crippen LogP contribution in [0.5, 0.6) is 0 Å². The molecule has 0 aliphatic rings. The van der Waals surface area contributed by atoms with E-state index in [-0.39, 0.29) is 0 Å². The third-order valence-electron chi connectivity index (χ3n) is 1.88. The summed E-state index contributed by atoms with van der Waals surface area (Å²) < 4.78 is 0. The Hall–Kier alpha value is -0.470. The van der Waals surface area contributed by atoms with Crippen LogP contribution in [0.15, 0.2) is 24.3 Å². The topological polar surface area (TPSA) is 26.0 Å². The normalized spacial score (nSPS) is 10.3.